The topological polar surface area (TPSA) is 55.1 Å². The molecule has 0 aliphatic carbocycles. The van der Waals surface area contributed by atoms with Gasteiger partial charge in [0.15, 0.2) is 0 Å². The third-order valence-electron chi connectivity index (χ3n) is 1.25. The van der Waals surface area contributed by atoms with E-state index in [9.17, 15) is 4.79 Å². The maximum absolute atomic E-state index is 10.3. The number of rotatable bonds is 1. The van der Waals surface area contributed by atoms with Crippen LogP contribution in [0.1, 0.15) is 6.42 Å². The molecule has 1 unspecified atom stereocenters. The minimum absolute atomic E-state index is 0.102. The Bertz CT molecular complexity index is 96.6. The highest BCUT2D eigenvalue weighted by Crippen LogP contribution is 2.01. The largest absolute Gasteiger partial charge is 0.368 e. The van der Waals surface area contributed by atoms with Gasteiger partial charge in [-0.05, 0) is 19.4 Å². The Balaban J connectivity index is 2.35. The summed E-state index contributed by atoms with van der Waals surface area (Å²) >= 11 is 0. The molecule has 1 amide bonds. The normalized spacial score (nSPS) is 28.2. The Morgan fingerprint density at radius 3 is 2.88 bits per heavy atom. The molecule has 3 N–H and O–H groups in total. The Labute approximate surface area is 48.2 Å². The van der Waals surface area contributed by atoms with E-state index >= 15 is 0 Å². The van der Waals surface area contributed by atoms with Gasteiger partial charge in [-0.15, -0.1) is 0 Å². The summed E-state index contributed by atoms with van der Waals surface area (Å²) in [7, 11) is 0. The fraction of sp³-hybridized carbons (Fsp3) is 0.600. The maximum Gasteiger partial charge on any atom is 0.234 e. The number of hydrogen-bond acceptors (Lipinski definition) is 2. The van der Waals surface area contributed by atoms with Gasteiger partial charge in [0.05, 0.1) is 6.04 Å². The number of amides is 1. The smallest absolute Gasteiger partial charge is 0.234 e. The molecule has 1 atom stereocenters. The summed E-state index contributed by atoms with van der Waals surface area (Å²) < 4.78 is 0. The summed E-state index contributed by atoms with van der Waals surface area (Å²) in [4.78, 5) is 10.3. The Morgan fingerprint density at radius 2 is 2.62 bits per heavy atom. The van der Waals surface area contributed by atoms with E-state index in [0.717, 1.165) is 13.0 Å². The summed E-state index contributed by atoms with van der Waals surface area (Å²) in [5.74, 6) is -0.251. The van der Waals surface area contributed by atoms with Crippen LogP contribution < -0.4 is 11.1 Å². The van der Waals surface area contributed by atoms with Crippen molar-refractivity contribution in [3.05, 3.63) is 6.42 Å². The van der Waals surface area contributed by atoms with E-state index in [0.29, 0.717) is 0 Å². The molecule has 1 rings (SSSR count). The van der Waals surface area contributed by atoms with E-state index in [-0.39, 0.29) is 11.9 Å². The molecule has 0 aromatic rings. The lowest BCUT2D eigenvalue weighted by Gasteiger charge is -2.01. The van der Waals surface area contributed by atoms with Crippen LogP contribution in [0.25, 0.3) is 0 Å². The molecule has 1 aliphatic rings. The van der Waals surface area contributed by atoms with Crippen molar-refractivity contribution in [1.29, 1.82) is 0 Å². The van der Waals surface area contributed by atoms with Gasteiger partial charge in [-0.3, -0.25) is 4.79 Å². The monoisotopic (exact) mass is 113 g/mol. The van der Waals surface area contributed by atoms with E-state index in [4.69, 9.17) is 5.73 Å². The van der Waals surface area contributed by atoms with Crippen molar-refractivity contribution in [3.63, 3.8) is 0 Å². The van der Waals surface area contributed by atoms with Crippen molar-refractivity contribution in [2.45, 2.75) is 12.5 Å². The standard InChI is InChI=1S/C5H9N2O/c6-5(8)4-2-1-3-7-4/h1,4,7H,2-3H2,(H2,6,8). The van der Waals surface area contributed by atoms with Crippen molar-refractivity contribution in [2.24, 2.45) is 5.73 Å². The fourth-order valence-electron chi connectivity index (χ4n) is 0.776. The summed E-state index contributed by atoms with van der Waals surface area (Å²) in [6.45, 7) is 0.813. The van der Waals surface area contributed by atoms with Crippen LogP contribution in [0.4, 0.5) is 0 Å². The van der Waals surface area contributed by atoms with Crippen LogP contribution in [0.15, 0.2) is 0 Å². The molecule has 8 heavy (non-hydrogen) atoms. The van der Waals surface area contributed by atoms with E-state index in [1.807, 2.05) is 6.42 Å². The summed E-state index contributed by atoms with van der Waals surface area (Å²) in [6.07, 6.45) is 2.80. The zero-order valence-electron chi connectivity index (χ0n) is 4.55. The molecule has 1 radical (unpaired) electrons. The quantitative estimate of drug-likeness (QED) is 0.460. The molecule has 45 valence electrons. The average Bonchev–Trinajstić information content (AvgIpc) is 2.12. The molecule has 3 heteroatoms. The molecule has 1 heterocycles. The number of nitrogens with one attached hydrogen (secondary N) is 1. The lowest BCUT2D eigenvalue weighted by atomic mass is 10.2. The summed E-state index contributed by atoms with van der Waals surface area (Å²) in [5.41, 5.74) is 4.98. The van der Waals surface area contributed by atoms with E-state index in [2.05, 4.69) is 5.32 Å². The van der Waals surface area contributed by atoms with Crippen molar-refractivity contribution >= 4 is 5.91 Å². The lowest BCUT2D eigenvalue weighted by Crippen LogP contribution is -2.36. The lowest BCUT2D eigenvalue weighted by molar-refractivity contribution is -0.119. The highest BCUT2D eigenvalue weighted by Gasteiger charge is 2.18. The predicted molar refractivity (Wildman–Crippen MR) is 29.9 cm³/mol. The van der Waals surface area contributed by atoms with Crippen molar-refractivity contribution in [2.75, 3.05) is 6.54 Å². The summed E-state index contributed by atoms with van der Waals surface area (Å²) in [5, 5.41) is 2.93. The predicted octanol–water partition coefficient (Wildman–Crippen LogP) is -0.962. The van der Waals surface area contributed by atoms with Crippen LogP contribution in [0.3, 0.4) is 0 Å². The van der Waals surface area contributed by atoms with Gasteiger partial charge in [0.25, 0.3) is 0 Å². The molecule has 0 spiro atoms. The molecule has 1 aliphatic heterocycles. The zero-order valence-corrected chi connectivity index (χ0v) is 4.55. The second kappa shape index (κ2) is 2.13. The molecular weight excluding hydrogens is 104 g/mol. The van der Waals surface area contributed by atoms with Gasteiger partial charge in [0.2, 0.25) is 5.91 Å². The Morgan fingerprint density at radius 1 is 1.88 bits per heavy atom. The molecular formula is C5H9N2O. The number of nitrogens with two attached hydrogens (primary N) is 1. The second-order valence-corrected chi connectivity index (χ2v) is 1.89. The van der Waals surface area contributed by atoms with Gasteiger partial charge in [0, 0.05) is 0 Å². The first kappa shape index (κ1) is 5.56. The van der Waals surface area contributed by atoms with Crippen molar-refractivity contribution < 1.29 is 4.79 Å². The first-order valence-corrected chi connectivity index (χ1v) is 2.65. The van der Waals surface area contributed by atoms with E-state index in [1.54, 1.807) is 0 Å². The van der Waals surface area contributed by atoms with Gasteiger partial charge in [-0.1, -0.05) is 0 Å². The molecule has 1 saturated heterocycles. The van der Waals surface area contributed by atoms with Gasteiger partial charge in [-0.25, -0.2) is 0 Å². The van der Waals surface area contributed by atoms with Crippen LogP contribution >= 0.6 is 0 Å². The highest BCUT2D eigenvalue weighted by atomic mass is 16.1. The first-order chi connectivity index (χ1) is 3.80. The molecule has 0 bridgehead atoms. The van der Waals surface area contributed by atoms with Gasteiger partial charge in [0.1, 0.15) is 0 Å². The highest BCUT2D eigenvalue weighted by molar-refractivity contribution is 5.80. The fourth-order valence-corrected chi connectivity index (χ4v) is 0.776. The van der Waals surface area contributed by atoms with Crippen LogP contribution in [-0.2, 0) is 4.79 Å². The van der Waals surface area contributed by atoms with Gasteiger partial charge >= 0.3 is 0 Å². The van der Waals surface area contributed by atoms with Crippen molar-refractivity contribution in [3.8, 4) is 0 Å². The van der Waals surface area contributed by atoms with E-state index < -0.39 is 0 Å². The van der Waals surface area contributed by atoms with Crippen LogP contribution in [0.5, 0.6) is 0 Å². The second-order valence-electron chi connectivity index (χ2n) is 1.89. The average molecular weight is 113 g/mol. The van der Waals surface area contributed by atoms with Crippen LogP contribution in [0.2, 0.25) is 0 Å². The molecule has 0 aromatic heterocycles. The third-order valence-corrected chi connectivity index (χ3v) is 1.25. The number of hydrogen-bond donors (Lipinski definition) is 2. The van der Waals surface area contributed by atoms with Crippen molar-refractivity contribution in [1.82, 2.24) is 5.32 Å². The minimum Gasteiger partial charge on any atom is -0.368 e. The van der Waals surface area contributed by atoms with Gasteiger partial charge < -0.3 is 11.1 Å². The number of carbonyl (C=O) groups excluding carboxylic acids is 1. The van der Waals surface area contributed by atoms with E-state index in [1.165, 1.54) is 0 Å². The zero-order chi connectivity index (χ0) is 5.98. The Hall–Kier alpha value is -0.570. The molecule has 1 fully saturated rings. The summed E-state index contributed by atoms with van der Waals surface area (Å²) in [6, 6.07) is -0.102. The molecule has 0 saturated carbocycles. The molecule has 3 nitrogen and oxygen atoms in total. The van der Waals surface area contributed by atoms with Crippen LogP contribution in [-0.4, -0.2) is 18.5 Å². The third kappa shape index (κ3) is 0.980. The maximum atomic E-state index is 10.3. The van der Waals surface area contributed by atoms with Gasteiger partial charge in [-0.2, -0.15) is 0 Å². The molecule has 0 aromatic carbocycles. The minimum atomic E-state index is -0.251. The first-order valence-electron chi connectivity index (χ1n) is 2.65. The van der Waals surface area contributed by atoms with Crippen LogP contribution in [0, 0.1) is 6.42 Å². The SMILES string of the molecule is NC(=O)C1C[CH]CN1. The number of carbonyl (C=O) groups is 1. The Kier molecular flexibility index (Phi) is 1.48. The number of primary amides is 1.